The third-order valence-electron chi connectivity index (χ3n) is 4.06. The molecular weight excluding hydrogens is 376 g/mol. The lowest BCUT2D eigenvalue weighted by Gasteiger charge is -2.25. The van der Waals surface area contributed by atoms with E-state index in [1.54, 1.807) is 24.3 Å². The van der Waals surface area contributed by atoms with Gasteiger partial charge in [-0.1, -0.05) is 12.0 Å². The first kappa shape index (κ1) is 18.1. The molecule has 0 aromatic carbocycles. The van der Waals surface area contributed by atoms with Crippen molar-refractivity contribution in [1.82, 2.24) is 25.6 Å². The van der Waals surface area contributed by atoms with Crippen LogP contribution in [0.5, 0.6) is 0 Å². The number of pyridine rings is 1. The lowest BCUT2D eigenvalue weighted by molar-refractivity contribution is -0.120. The molecule has 1 aliphatic heterocycles. The Bertz CT molecular complexity index is 1160. The van der Waals surface area contributed by atoms with Crippen LogP contribution in [0.25, 0.3) is 11.1 Å². The maximum Gasteiger partial charge on any atom is 0.329 e. The number of aromatic nitrogens is 3. The first-order valence-electron chi connectivity index (χ1n) is 8.66. The first-order valence-corrected chi connectivity index (χ1v) is 8.66. The SMILES string of the molecule is O=C1CCN(c2ncnc3oc(C#CCNC(=O)c4ccccn4)cc23)C(=O)N1. The van der Waals surface area contributed by atoms with E-state index in [4.69, 9.17) is 4.42 Å². The minimum Gasteiger partial charge on any atom is -0.429 e. The summed E-state index contributed by atoms with van der Waals surface area (Å²) in [5.41, 5.74) is 0.567. The fourth-order valence-electron chi connectivity index (χ4n) is 2.73. The van der Waals surface area contributed by atoms with Crippen molar-refractivity contribution in [3.63, 3.8) is 0 Å². The van der Waals surface area contributed by atoms with Crippen LogP contribution < -0.4 is 15.5 Å². The molecule has 10 nitrogen and oxygen atoms in total. The second kappa shape index (κ2) is 7.77. The number of nitrogens with one attached hydrogen (secondary N) is 2. The van der Waals surface area contributed by atoms with Gasteiger partial charge in [-0.25, -0.2) is 14.8 Å². The molecule has 1 aliphatic rings. The van der Waals surface area contributed by atoms with Crippen molar-refractivity contribution in [3.05, 3.63) is 48.2 Å². The van der Waals surface area contributed by atoms with E-state index < -0.39 is 6.03 Å². The second-order valence-electron chi connectivity index (χ2n) is 5.98. The summed E-state index contributed by atoms with van der Waals surface area (Å²) in [5, 5.41) is 5.39. The van der Waals surface area contributed by atoms with E-state index in [9.17, 15) is 14.4 Å². The average molecular weight is 390 g/mol. The molecule has 2 N–H and O–H groups in total. The molecule has 10 heteroatoms. The fourth-order valence-corrected chi connectivity index (χ4v) is 2.73. The highest BCUT2D eigenvalue weighted by molar-refractivity contribution is 6.08. The molecule has 0 atom stereocenters. The van der Waals surface area contributed by atoms with Gasteiger partial charge in [0.15, 0.2) is 11.6 Å². The van der Waals surface area contributed by atoms with Crippen LogP contribution in [0.3, 0.4) is 0 Å². The molecule has 4 heterocycles. The number of amides is 4. The molecule has 0 unspecified atom stereocenters. The highest BCUT2D eigenvalue weighted by Crippen LogP contribution is 2.26. The smallest absolute Gasteiger partial charge is 0.329 e. The number of nitrogens with zero attached hydrogens (tertiary/aromatic N) is 4. The van der Waals surface area contributed by atoms with Crippen LogP contribution in [0, 0.1) is 11.8 Å². The van der Waals surface area contributed by atoms with Crippen LogP contribution in [0.2, 0.25) is 0 Å². The van der Waals surface area contributed by atoms with Gasteiger partial charge < -0.3 is 9.73 Å². The molecule has 144 valence electrons. The number of rotatable bonds is 3. The van der Waals surface area contributed by atoms with Crippen molar-refractivity contribution in [2.24, 2.45) is 0 Å². The fraction of sp³-hybridized carbons (Fsp3) is 0.158. The van der Waals surface area contributed by atoms with Crippen molar-refractivity contribution >= 4 is 34.8 Å². The van der Waals surface area contributed by atoms with Crippen molar-refractivity contribution in [2.75, 3.05) is 18.0 Å². The Morgan fingerprint density at radius 1 is 1.28 bits per heavy atom. The predicted molar refractivity (Wildman–Crippen MR) is 101 cm³/mol. The molecule has 0 aliphatic carbocycles. The van der Waals surface area contributed by atoms with E-state index in [1.807, 2.05) is 0 Å². The summed E-state index contributed by atoms with van der Waals surface area (Å²) in [6.45, 7) is 0.310. The minimum atomic E-state index is -0.549. The highest BCUT2D eigenvalue weighted by atomic mass is 16.3. The molecule has 1 fully saturated rings. The largest absolute Gasteiger partial charge is 0.429 e. The summed E-state index contributed by atoms with van der Waals surface area (Å²) >= 11 is 0. The van der Waals surface area contributed by atoms with Crippen molar-refractivity contribution in [3.8, 4) is 11.8 Å². The van der Waals surface area contributed by atoms with Crippen LogP contribution in [0.1, 0.15) is 22.7 Å². The monoisotopic (exact) mass is 390 g/mol. The zero-order valence-electron chi connectivity index (χ0n) is 15.0. The van der Waals surface area contributed by atoms with Gasteiger partial charge in [-0.2, -0.15) is 0 Å². The van der Waals surface area contributed by atoms with E-state index in [2.05, 4.69) is 37.4 Å². The summed E-state index contributed by atoms with van der Waals surface area (Å²) in [4.78, 5) is 48.8. The van der Waals surface area contributed by atoms with E-state index in [-0.39, 0.29) is 37.0 Å². The molecule has 29 heavy (non-hydrogen) atoms. The molecule has 4 rings (SSSR count). The second-order valence-corrected chi connectivity index (χ2v) is 5.98. The van der Waals surface area contributed by atoms with Crippen molar-refractivity contribution in [2.45, 2.75) is 6.42 Å². The van der Waals surface area contributed by atoms with E-state index in [0.717, 1.165) is 0 Å². The lowest BCUT2D eigenvalue weighted by atomic mass is 10.2. The molecule has 4 amide bonds. The maximum absolute atomic E-state index is 12.1. The molecule has 0 spiro atoms. The average Bonchev–Trinajstić information content (AvgIpc) is 3.15. The van der Waals surface area contributed by atoms with Crippen LogP contribution in [0.15, 0.2) is 41.2 Å². The maximum atomic E-state index is 12.1. The topological polar surface area (TPSA) is 130 Å². The van der Waals surface area contributed by atoms with Gasteiger partial charge in [0, 0.05) is 25.2 Å². The third kappa shape index (κ3) is 3.89. The van der Waals surface area contributed by atoms with E-state index in [0.29, 0.717) is 22.7 Å². The van der Waals surface area contributed by atoms with Crippen LogP contribution in [-0.2, 0) is 4.79 Å². The summed E-state index contributed by atoms with van der Waals surface area (Å²) in [6, 6.07) is 6.11. The number of furan rings is 1. The Morgan fingerprint density at radius 2 is 2.17 bits per heavy atom. The highest BCUT2D eigenvalue weighted by Gasteiger charge is 2.27. The number of hydrogen-bond donors (Lipinski definition) is 2. The summed E-state index contributed by atoms with van der Waals surface area (Å²) in [7, 11) is 0. The van der Waals surface area contributed by atoms with Gasteiger partial charge in [0.2, 0.25) is 11.6 Å². The molecular formula is C19H14N6O4. The third-order valence-corrected chi connectivity index (χ3v) is 4.06. The van der Waals surface area contributed by atoms with E-state index in [1.165, 1.54) is 17.4 Å². The number of anilines is 1. The zero-order valence-corrected chi connectivity index (χ0v) is 15.0. The Hall–Kier alpha value is -4.26. The van der Waals surface area contributed by atoms with Gasteiger partial charge in [-0.15, -0.1) is 0 Å². The minimum absolute atomic E-state index is 0.0988. The molecule has 1 saturated heterocycles. The lowest BCUT2D eigenvalue weighted by Crippen LogP contribution is -2.50. The molecule has 0 saturated carbocycles. The molecule has 0 radical (unpaired) electrons. The standard InChI is InChI=1S/C19H14N6O4/c26-15-6-9-25(19(28)24-15)16-13-10-12(29-18(13)23-11-22-16)4-3-8-21-17(27)14-5-1-2-7-20-14/h1-2,5,7,10-11H,6,8-9H2,(H,21,27)(H,24,26,28). The number of hydrogen-bond acceptors (Lipinski definition) is 7. The van der Waals surface area contributed by atoms with Gasteiger partial charge in [0.1, 0.15) is 12.0 Å². The number of fused-ring (bicyclic) bond motifs is 1. The van der Waals surface area contributed by atoms with E-state index >= 15 is 0 Å². The van der Waals surface area contributed by atoms with Crippen molar-refractivity contribution < 1.29 is 18.8 Å². The summed E-state index contributed by atoms with van der Waals surface area (Å²) < 4.78 is 5.57. The summed E-state index contributed by atoms with van der Waals surface area (Å²) in [6.07, 6.45) is 2.99. The van der Waals surface area contributed by atoms with Crippen LogP contribution in [0.4, 0.5) is 10.6 Å². The number of carbonyl (C=O) groups is 3. The van der Waals surface area contributed by atoms with Crippen molar-refractivity contribution in [1.29, 1.82) is 0 Å². The quantitative estimate of drug-likeness (QED) is 0.634. The van der Waals surface area contributed by atoms with Gasteiger partial charge in [0.25, 0.3) is 5.91 Å². The van der Waals surface area contributed by atoms with Gasteiger partial charge in [-0.3, -0.25) is 24.8 Å². The number of imide groups is 1. The van der Waals surface area contributed by atoms with Gasteiger partial charge in [0.05, 0.1) is 11.9 Å². The van der Waals surface area contributed by atoms with Gasteiger partial charge >= 0.3 is 6.03 Å². The predicted octanol–water partition coefficient (Wildman–Crippen LogP) is 0.846. The molecule has 3 aromatic rings. The first-order chi connectivity index (χ1) is 14.1. The zero-order chi connectivity index (χ0) is 20.2. The Morgan fingerprint density at radius 3 is 2.97 bits per heavy atom. The van der Waals surface area contributed by atoms with Gasteiger partial charge in [-0.05, 0) is 18.1 Å². The molecule has 0 bridgehead atoms. The Kier molecular flexibility index (Phi) is 4.86. The number of carbonyl (C=O) groups excluding carboxylic acids is 3. The normalized spacial score (nSPS) is 13.6. The Labute approximate surface area is 164 Å². The summed E-state index contributed by atoms with van der Waals surface area (Å²) in [5.74, 6) is 5.56. The van der Waals surface area contributed by atoms with Crippen LogP contribution in [-0.4, -0.2) is 45.9 Å². The van der Waals surface area contributed by atoms with Crippen LogP contribution >= 0.6 is 0 Å². The Balaban J connectivity index is 1.49. The molecule has 3 aromatic heterocycles. The number of urea groups is 1.